The molecule has 1 fully saturated rings. The summed E-state index contributed by atoms with van der Waals surface area (Å²) in [7, 11) is 0. The van der Waals surface area contributed by atoms with E-state index in [9.17, 15) is 0 Å². The Balaban J connectivity index is 2.18. The summed E-state index contributed by atoms with van der Waals surface area (Å²) >= 11 is 0. The Morgan fingerprint density at radius 3 is 2.44 bits per heavy atom. The highest BCUT2D eigenvalue weighted by Gasteiger charge is 2.25. The normalized spacial score (nSPS) is 27.0. The molecule has 1 aliphatic rings. The van der Waals surface area contributed by atoms with Crippen LogP contribution in [-0.4, -0.2) is 15.6 Å². The maximum Gasteiger partial charge on any atom is 0.0950 e. The molecule has 1 aromatic heterocycles. The van der Waals surface area contributed by atoms with Gasteiger partial charge >= 0.3 is 0 Å². The minimum Gasteiger partial charge on any atom is -0.331 e. The predicted molar refractivity (Wildman–Crippen MR) is 66.4 cm³/mol. The molecule has 2 N–H and O–H groups in total. The number of nitrogens with two attached hydrogens (primary N) is 1. The van der Waals surface area contributed by atoms with E-state index in [0.717, 1.165) is 12.8 Å². The van der Waals surface area contributed by atoms with Crippen LogP contribution < -0.4 is 5.73 Å². The molecule has 90 valence electrons. The van der Waals surface area contributed by atoms with E-state index in [1.54, 1.807) is 0 Å². The highest BCUT2D eigenvalue weighted by Crippen LogP contribution is 2.32. The van der Waals surface area contributed by atoms with E-state index >= 15 is 0 Å². The van der Waals surface area contributed by atoms with Crippen molar-refractivity contribution < 1.29 is 0 Å². The van der Waals surface area contributed by atoms with Gasteiger partial charge in [-0.2, -0.15) is 0 Å². The van der Waals surface area contributed by atoms with Crippen molar-refractivity contribution in [2.24, 2.45) is 5.73 Å². The molecule has 1 aliphatic carbocycles. The van der Waals surface area contributed by atoms with Crippen molar-refractivity contribution in [2.45, 2.75) is 64.0 Å². The Morgan fingerprint density at radius 1 is 1.25 bits per heavy atom. The second kappa shape index (κ2) is 4.21. The summed E-state index contributed by atoms with van der Waals surface area (Å²) in [5.74, 6) is 0. The SMILES string of the molecule is CC(C)(C)c1cncn1C1CCC(N)CC1. The van der Waals surface area contributed by atoms with Crippen molar-refractivity contribution in [3.8, 4) is 0 Å². The summed E-state index contributed by atoms with van der Waals surface area (Å²) in [6.45, 7) is 6.74. The second-order valence-corrected chi connectivity index (χ2v) is 6.00. The maximum absolute atomic E-state index is 5.95. The van der Waals surface area contributed by atoms with Gasteiger partial charge in [0.05, 0.1) is 6.33 Å². The third kappa shape index (κ3) is 2.29. The third-order valence-corrected chi connectivity index (χ3v) is 3.57. The predicted octanol–water partition coefficient (Wildman–Crippen LogP) is 2.62. The first-order valence-corrected chi connectivity index (χ1v) is 6.26. The Hall–Kier alpha value is -0.830. The molecule has 3 heteroatoms. The van der Waals surface area contributed by atoms with Gasteiger partial charge in [0.15, 0.2) is 0 Å². The van der Waals surface area contributed by atoms with Crippen molar-refractivity contribution in [3.05, 3.63) is 18.2 Å². The summed E-state index contributed by atoms with van der Waals surface area (Å²) in [6.07, 6.45) is 8.68. The van der Waals surface area contributed by atoms with E-state index in [1.165, 1.54) is 18.5 Å². The molecular weight excluding hydrogens is 198 g/mol. The van der Waals surface area contributed by atoms with Crippen LogP contribution in [0.5, 0.6) is 0 Å². The molecule has 16 heavy (non-hydrogen) atoms. The van der Waals surface area contributed by atoms with E-state index < -0.39 is 0 Å². The molecule has 3 nitrogen and oxygen atoms in total. The van der Waals surface area contributed by atoms with Gasteiger partial charge in [-0.15, -0.1) is 0 Å². The quantitative estimate of drug-likeness (QED) is 0.792. The summed E-state index contributed by atoms with van der Waals surface area (Å²) < 4.78 is 2.37. The first-order chi connectivity index (χ1) is 7.48. The lowest BCUT2D eigenvalue weighted by atomic mass is 9.88. The fourth-order valence-corrected chi connectivity index (χ4v) is 2.56. The van der Waals surface area contributed by atoms with Crippen molar-refractivity contribution in [1.82, 2.24) is 9.55 Å². The summed E-state index contributed by atoms with van der Waals surface area (Å²) in [5, 5.41) is 0. The Bertz CT molecular complexity index is 340. The number of nitrogens with zero attached hydrogens (tertiary/aromatic N) is 2. The van der Waals surface area contributed by atoms with Gasteiger partial charge in [-0.1, -0.05) is 20.8 Å². The first-order valence-electron chi connectivity index (χ1n) is 6.26. The lowest BCUT2D eigenvalue weighted by Gasteiger charge is -2.31. The largest absolute Gasteiger partial charge is 0.331 e. The smallest absolute Gasteiger partial charge is 0.0950 e. The van der Waals surface area contributed by atoms with Gasteiger partial charge in [0.2, 0.25) is 0 Å². The van der Waals surface area contributed by atoms with Crippen LogP contribution in [0.15, 0.2) is 12.5 Å². The number of aromatic nitrogens is 2. The van der Waals surface area contributed by atoms with Gasteiger partial charge in [0.1, 0.15) is 0 Å². The van der Waals surface area contributed by atoms with Gasteiger partial charge < -0.3 is 10.3 Å². The Kier molecular flexibility index (Phi) is 3.06. The standard InChI is InChI=1S/C13H23N3/c1-13(2,3)12-8-15-9-16(12)11-6-4-10(14)5-7-11/h8-11H,4-7,14H2,1-3H3. The maximum atomic E-state index is 5.95. The van der Waals surface area contributed by atoms with E-state index in [2.05, 4.69) is 30.3 Å². The lowest BCUT2D eigenvalue weighted by molar-refractivity contribution is 0.309. The fraction of sp³-hybridized carbons (Fsp3) is 0.769. The molecular formula is C13H23N3. The summed E-state index contributed by atoms with van der Waals surface area (Å²) in [5.41, 5.74) is 7.47. The average Bonchev–Trinajstić information content (AvgIpc) is 2.66. The van der Waals surface area contributed by atoms with Gasteiger partial charge in [0, 0.05) is 29.4 Å². The Labute approximate surface area is 98.1 Å². The molecule has 1 heterocycles. The summed E-state index contributed by atoms with van der Waals surface area (Å²) in [4.78, 5) is 4.31. The van der Waals surface area contributed by atoms with Gasteiger partial charge in [-0.05, 0) is 25.7 Å². The van der Waals surface area contributed by atoms with E-state index in [1.807, 2.05) is 12.5 Å². The van der Waals surface area contributed by atoms with Crippen molar-refractivity contribution in [1.29, 1.82) is 0 Å². The number of hydrogen-bond acceptors (Lipinski definition) is 2. The number of imidazole rings is 1. The zero-order valence-corrected chi connectivity index (χ0v) is 10.6. The van der Waals surface area contributed by atoms with E-state index in [0.29, 0.717) is 12.1 Å². The van der Waals surface area contributed by atoms with Crippen molar-refractivity contribution >= 4 is 0 Å². The van der Waals surface area contributed by atoms with E-state index in [-0.39, 0.29) is 5.41 Å². The zero-order chi connectivity index (χ0) is 11.8. The minimum atomic E-state index is 0.177. The van der Waals surface area contributed by atoms with Crippen LogP contribution in [0.3, 0.4) is 0 Å². The van der Waals surface area contributed by atoms with Crippen LogP contribution in [-0.2, 0) is 5.41 Å². The molecule has 1 aromatic rings. The van der Waals surface area contributed by atoms with Crippen LogP contribution >= 0.6 is 0 Å². The van der Waals surface area contributed by atoms with Crippen molar-refractivity contribution in [2.75, 3.05) is 0 Å². The minimum absolute atomic E-state index is 0.177. The molecule has 1 saturated carbocycles. The molecule has 0 amide bonds. The molecule has 0 bridgehead atoms. The lowest BCUT2D eigenvalue weighted by Crippen LogP contribution is -2.29. The van der Waals surface area contributed by atoms with Crippen molar-refractivity contribution in [3.63, 3.8) is 0 Å². The molecule has 0 saturated heterocycles. The molecule has 0 aromatic carbocycles. The second-order valence-electron chi connectivity index (χ2n) is 6.00. The van der Waals surface area contributed by atoms with Crippen LogP contribution in [0.4, 0.5) is 0 Å². The highest BCUT2D eigenvalue weighted by molar-refractivity contribution is 5.12. The molecule has 0 atom stereocenters. The first kappa shape index (κ1) is 11.6. The van der Waals surface area contributed by atoms with E-state index in [4.69, 9.17) is 5.73 Å². The van der Waals surface area contributed by atoms with Gasteiger partial charge in [-0.3, -0.25) is 0 Å². The van der Waals surface area contributed by atoms with Crippen LogP contribution in [0.1, 0.15) is 58.2 Å². The zero-order valence-electron chi connectivity index (χ0n) is 10.6. The molecule has 0 radical (unpaired) electrons. The fourth-order valence-electron chi connectivity index (χ4n) is 2.56. The molecule has 2 rings (SSSR count). The topological polar surface area (TPSA) is 43.8 Å². The molecule has 0 aliphatic heterocycles. The van der Waals surface area contributed by atoms with Crippen LogP contribution in [0.25, 0.3) is 0 Å². The van der Waals surface area contributed by atoms with Crippen LogP contribution in [0.2, 0.25) is 0 Å². The molecule has 0 unspecified atom stereocenters. The third-order valence-electron chi connectivity index (χ3n) is 3.57. The van der Waals surface area contributed by atoms with Crippen LogP contribution in [0, 0.1) is 0 Å². The van der Waals surface area contributed by atoms with Gasteiger partial charge in [-0.25, -0.2) is 4.98 Å². The Morgan fingerprint density at radius 2 is 1.88 bits per heavy atom. The van der Waals surface area contributed by atoms with Gasteiger partial charge in [0.25, 0.3) is 0 Å². The monoisotopic (exact) mass is 221 g/mol. The highest BCUT2D eigenvalue weighted by atomic mass is 15.1. The average molecular weight is 221 g/mol. The number of rotatable bonds is 1. The molecule has 0 spiro atoms. The number of hydrogen-bond donors (Lipinski definition) is 1. The summed E-state index contributed by atoms with van der Waals surface area (Å²) in [6, 6.07) is 1.02.